The maximum Gasteiger partial charge on any atom is 0.261 e. The zero-order valence-corrected chi connectivity index (χ0v) is 13.1. The molecule has 0 saturated carbocycles. The Labute approximate surface area is 137 Å². The van der Waals surface area contributed by atoms with Crippen molar-refractivity contribution < 1.29 is 9.18 Å². The van der Waals surface area contributed by atoms with Gasteiger partial charge in [0.25, 0.3) is 5.56 Å². The number of anilines is 1. The number of nitrogens with zero attached hydrogens (tertiary/aromatic N) is 2. The second kappa shape index (κ2) is 6.62. The second-order valence-electron chi connectivity index (χ2n) is 5.37. The summed E-state index contributed by atoms with van der Waals surface area (Å²) in [6.07, 6.45) is 1.74. The molecule has 3 aromatic rings. The lowest BCUT2D eigenvalue weighted by Gasteiger charge is -2.18. The van der Waals surface area contributed by atoms with Gasteiger partial charge in [-0.15, -0.1) is 0 Å². The molecule has 6 heteroatoms. The van der Waals surface area contributed by atoms with E-state index in [2.05, 4.69) is 10.3 Å². The van der Waals surface area contributed by atoms with Gasteiger partial charge in [0.2, 0.25) is 5.91 Å². The highest BCUT2D eigenvalue weighted by molar-refractivity contribution is 5.94. The van der Waals surface area contributed by atoms with Crippen LogP contribution in [0.15, 0.2) is 59.7 Å². The SMILES string of the molecule is CCC(C(=O)Nc1ccccc1F)n1cnc2ccccc2c1=O. The van der Waals surface area contributed by atoms with Gasteiger partial charge in [0.05, 0.1) is 22.9 Å². The van der Waals surface area contributed by atoms with Crippen LogP contribution in [0.1, 0.15) is 19.4 Å². The number of hydrogen-bond acceptors (Lipinski definition) is 3. The summed E-state index contributed by atoms with van der Waals surface area (Å²) in [5.74, 6) is -0.980. The number of benzene rings is 2. The van der Waals surface area contributed by atoms with Crippen molar-refractivity contribution in [3.05, 3.63) is 71.0 Å². The first kappa shape index (κ1) is 15.9. The monoisotopic (exact) mass is 325 g/mol. The molecule has 0 saturated heterocycles. The number of aromatic nitrogens is 2. The molecular weight excluding hydrogens is 309 g/mol. The van der Waals surface area contributed by atoms with Crippen molar-refractivity contribution in [2.45, 2.75) is 19.4 Å². The third-order valence-corrected chi connectivity index (χ3v) is 3.85. The molecule has 0 radical (unpaired) electrons. The summed E-state index contributed by atoms with van der Waals surface area (Å²) in [4.78, 5) is 29.4. The van der Waals surface area contributed by atoms with Crippen LogP contribution in [0.3, 0.4) is 0 Å². The number of carbonyl (C=O) groups is 1. The number of rotatable bonds is 4. The molecule has 0 aliphatic carbocycles. The molecule has 5 nitrogen and oxygen atoms in total. The Morgan fingerprint density at radius 1 is 1.21 bits per heavy atom. The van der Waals surface area contributed by atoms with Gasteiger partial charge in [-0.1, -0.05) is 31.2 Å². The third-order valence-electron chi connectivity index (χ3n) is 3.85. The molecular formula is C18H16FN3O2. The summed E-state index contributed by atoms with van der Waals surface area (Å²) < 4.78 is 15.0. The molecule has 1 N–H and O–H groups in total. The maximum atomic E-state index is 13.7. The molecule has 1 aromatic heterocycles. The van der Waals surface area contributed by atoms with Crippen molar-refractivity contribution in [3.8, 4) is 0 Å². The van der Waals surface area contributed by atoms with Crippen LogP contribution in [0.5, 0.6) is 0 Å². The van der Waals surface area contributed by atoms with Crippen molar-refractivity contribution in [3.63, 3.8) is 0 Å². The van der Waals surface area contributed by atoms with Gasteiger partial charge in [0.15, 0.2) is 0 Å². The Morgan fingerprint density at radius 3 is 2.67 bits per heavy atom. The van der Waals surface area contributed by atoms with Crippen molar-refractivity contribution in [1.82, 2.24) is 9.55 Å². The molecule has 0 fully saturated rings. The number of carbonyl (C=O) groups excluding carboxylic acids is 1. The molecule has 0 aliphatic rings. The van der Waals surface area contributed by atoms with E-state index in [9.17, 15) is 14.0 Å². The van der Waals surface area contributed by atoms with Crippen LogP contribution in [0, 0.1) is 5.82 Å². The largest absolute Gasteiger partial charge is 0.322 e. The minimum absolute atomic E-state index is 0.0859. The highest BCUT2D eigenvalue weighted by Crippen LogP contribution is 2.17. The standard InChI is InChI=1S/C18H16FN3O2/c1-2-16(17(23)21-15-10-6-4-8-13(15)19)22-11-20-14-9-5-3-7-12(14)18(22)24/h3-11,16H,2H2,1H3,(H,21,23). The number of hydrogen-bond donors (Lipinski definition) is 1. The van der Waals surface area contributed by atoms with E-state index in [0.717, 1.165) is 0 Å². The molecule has 0 spiro atoms. The van der Waals surface area contributed by atoms with Crippen LogP contribution in [-0.2, 0) is 4.79 Å². The van der Waals surface area contributed by atoms with Crippen LogP contribution >= 0.6 is 0 Å². The van der Waals surface area contributed by atoms with Crippen LogP contribution in [0.4, 0.5) is 10.1 Å². The maximum absolute atomic E-state index is 13.7. The van der Waals surface area contributed by atoms with Gasteiger partial charge >= 0.3 is 0 Å². The smallest absolute Gasteiger partial charge is 0.261 e. The topological polar surface area (TPSA) is 64.0 Å². The van der Waals surface area contributed by atoms with E-state index in [-0.39, 0.29) is 11.2 Å². The van der Waals surface area contributed by atoms with E-state index in [1.165, 1.54) is 23.0 Å². The highest BCUT2D eigenvalue weighted by atomic mass is 19.1. The number of nitrogens with one attached hydrogen (secondary N) is 1. The minimum Gasteiger partial charge on any atom is -0.322 e. The van der Waals surface area contributed by atoms with E-state index >= 15 is 0 Å². The average molecular weight is 325 g/mol. The lowest BCUT2D eigenvalue weighted by atomic mass is 10.1. The van der Waals surface area contributed by atoms with Gasteiger partial charge in [-0.3, -0.25) is 14.2 Å². The lowest BCUT2D eigenvalue weighted by Crippen LogP contribution is -2.33. The highest BCUT2D eigenvalue weighted by Gasteiger charge is 2.21. The molecule has 0 bridgehead atoms. The molecule has 2 aromatic carbocycles. The van der Waals surface area contributed by atoms with Crippen LogP contribution in [-0.4, -0.2) is 15.5 Å². The fraction of sp³-hybridized carbons (Fsp3) is 0.167. The van der Waals surface area contributed by atoms with Gasteiger partial charge in [-0.25, -0.2) is 9.37 Å². The Morgan fingerprint density at radius 2 is 1.92 bits per heavy atom. The average Bonchev–Trinajstić information content (AvgIpc) is 2.60. The summed E-state index contributed by atoms with van der Waals surface area (Å²) in [6.45, 7) is 1.78. The number of amides is 1. The molecule has 0 aliphatic heterocycles. The zero-order valence-electron chi connectivity index (χ0n) is 13.1. The molecule has 122 valence electrons. The predicted molar refractivity (Wildman–Crippen MR) is 90.4 cm³/mol. The van der Waals surface area contributed by atoms with Crippen molar-refractivity contribution >= 4 is 22.5 Å². The van der Waals surface area contributed by atoms with E-state index in [1.807, 2.05) is 0 Å². The van der Waals surface area contributed by atoms with Gasteiger partial charge in [0.1, 0.15) is 11.9 Å². The van der Waals surface area contributed by atoms with Crippen molar-refractivity contribution in [1.29, 1.82) is 0 Å². The van der Waals surface area contributed by atoms with Crippen molar-refractivity contribution in [2.75, 3.05) is 5.32 Å². The minimum atomic E-state index is -0.769. The normalized spacial score (nSPS) is 12.1. The molecule has 1 atom stereocenters. The molecule has 1 amide bonds. The summed E-state index contributed by atoms with van der Waals surface area (Å²) in [5.41, 5.74) is 0.363. The van der Waals surface area contributed by atoms with E-state index < -0.39 is 17.8 Å². The first-order chi connectivity index (χ1) is 11.6. The van der Waals surface area contributed by atoms with Gasteiger partial charge in [0, 0.05) is 0 Å². The number of halogens is 1. The first-order valence-corrected chi connectivity index (χ1v) is 7.63. The first-order valence-electron chi connectivity index (χ1n) is 7.63. The quantitative estimate of drug-likeness (QED) is 0.801. The molecule has 1 unspecified atom stereocenters. The molecule has 24 heavy (non-hydrogen) atoms. The lowest BCUT2D eigenvalue weighted by molar-refractivity contribution is -0.119. The third kappa shape index (κ3) is 2.90. The number of para-hydroxylation sites is 2. The Balaban J connectivity index is 1.97. The summed E-state index contributed by atoms with van der Waals surface area (Å²) in [5, 5.41) is 2.98. The second-order valence-corrected chi connectivity index (χ2v) is 5.37. The number of fused-ring (bicyclic) bond motifs is 1. The van der Waals surface area contributed by atoms with E-state index in [4.69, 9.17) is 0 Å². The Kier molecular flexibility index (Phi) is 4.37. The summed E-state index contributed by atoms with van der Waals surface area (Å²) >= 11 is 0. The molecule has 3 rings (SSSR count). The zero-order chi connectivity index (χ0) is 17.1. The van der Waals surface area contributed by atoms with Crippen LogP contribution in [0.25, 0.3) is 10.9 Å². The predicted octanol–water partition coefficient (Wildman–Crippen LogP) is 3.13. The van der Waals surface area contributed by atoms with Gasteiger partial charge in [-0.2, -0.15) is 0 Å². The fourth-order valence-electron chi connectivity index (χ4n) is 2.59. The van der Waals surface area contributed by atoms with Crippen LogP contribution < -0.4 is 10.9 Å². The van der Waals surface area contributed by atoms with Crippen molar-refractivity contribution in [2.24, 2.45) is 0 Å². The summed E-state index contributed by atoms with van der Waals surface area (Å²) in [7, 11) is 0. The van der Waals surface area contributed by atoms with Crippen LogP contribution in [0.2, 0.25) is 0 Å². The fourth-order valence-corrected chi connectivity index (χ4v) is 2.59. The van der Waals surface area contributed by atoms with Gasteiger partial charge < -0.3 is 5.32 Å². The Hall–Kier alpha value is -3.02. The molecule has 1 heterocycles. The van der Waals surface area contributed by atoms with E-state index in [0.29, 0.717) is 17.3 Å². The van der Waals surface area contributed by atoms with E-state index in [1.54, 1.807) is 43.3 Å². The Bertz CT molecular complexity index is 952. The van der Waals surface area contributed by atoms with Gasteiger partial charge in [-0.05, 0) is 30.7 Å². The summed E-state index contributed by atoms with van der Waals surface area (Å²) in [6, 6.07) is 12.1.